The highest BCUT2D eigenvalue weighted by molar-refractivity contribution is 5.67. The maximum absolute atomic E-state index is 14.2. The van der Waals surface area contributed by atoms with Crippen LogP contribution in [0.4, 0.5) is 13.6 Å². The lowest BCUT2D eigenvalue weighted by molar-refractivity contribution is 0.0986. The lowest BCUT2D eigenvalue weighted by Crippen LogP contribution is -2.47. The van der Waals surface area contributed by atoms with Gasteiger partial charge in [0.15, 0.2) is 0 Å². The largest absolute Gasteiger partial charge is 0.445 e. The molecule has 0 aromatic heterocycles. The molecule has 4 nitrogen and oxygen atoms in total. The molecule has 0 unspecified atom stereocenters. The van der Waals surface area contributed by atoms with Gasteiger partial charge in [-0.3, -0.25) is 0 Å². The maximum atomic E-state index is 14.2. The Kier molecular flexibility index (Phi) is 6.91. The highest BCUT2D eigenvalue weighted by Gasteiger charge is 2.43. The van der Waals surface area contributed by atoms with E-state index in [2.05, 4.69) is 5.32 Å². The Balaban J connectivity index is 0.000000181. The summed E-state index contributed by atoms with van der Waals surface area (Å²) in [6.45, 7) is 0.225. The van der Waals surface area contributed by atoms with Gasteiger partial charge in [-0.1, -0.05) is 36.8 Å². The number of nitrogens with one attached hydrogen (secondary N) is 1. The van der Waals surface area contributed by atoms with Gasteiger partial charge in [0, 0.05) is 6.04 Å². The van der Waals surface area contributed by atoms with Gasteiger partial charge < -0.3 is 15.8 Å². The van der Waals surface area contributed by atoms with Crippen molar-refractivity contribution in [3.63, 3.8) is 0 Å². The van der Waals surface area contributed by atoms with E-state index in [0.29, 0.717) is 11.8 Å². The van der Waals surface area contributed by atoms with Crippen LogP contribution in [0, 0.1) is 23.7 Å². The van der Waals surface area contributed by atoms with Crippen LogP contribution >= 0.6 is 0 Å². The fourth-order valence-corrected chi connectivity index (χ4v) is 5.97. The molecule has 6 heteroatoms. The normalized spacial score (nSPS) is 39.0. The highest BCUT2D eigenvalue weighted by atomic mass is 19.1. The number of hydrogen-bond donors (Lipinski definition) is 2. The minimum absolute atomic E-state index is 0.133. The van der Waals surface area contributed by atoms with Crippen molar-refractivity contribution < 1.29 is 18.3 Å². The summed E-state index contributed by atoms with van der Waals surface area (Å²) in [5.74, 6) is 1.78. The van der Waals surface area contributed by atoms with E-state index in [9.17, 15) is 13.6 Å². The number of fused-ring (bicyclic) bond motifs is 4. The van der Waals surface area contributed by atoms with Crippen molar-refractivity contribution in [2.75, 3.05) is 0 Å². The fourth-order valence-electron chi connectivity index (χ4n) is 5.97. The van der Waals surface area contributed by atoms with E-state index in [1.54, 1.807) is 0 Å². The number of nitrogens with two attached hydrogens (primary N) is 1. The molecule has 4 aliphatic rings. The summed E-state index contributed by atoms with van der Waals surface area (Å²) >= 11 is 0. The quantitative estimate of drug-likeness (QED) is 0.730. The molecule has 3 N–H and O–H groups in total. The first-order chi connectivity index (χ1) is 14.5. The Hall–Kier alpha value is -1.69. The van der Waals surface area contributed by atoms with Crippen LogP contribution in [0.25, 0.3) is 0 Å². The third-order valence-electron chi connectivity index (χ3n) is 7.57. The summed E-state index contributed by atoms with van der Waals surface area (Å²) in [6.07, 6.45) is 6.01. The Labute approximate surface area is 177 Å². The molecule has 0 aliphatic heterocycles. The van der Waals surface area contributed by atoms with Gasteiger partial charge in [-0.15, -0.1) is 0 Å². The van der Waals surface area contributed by atoms with E-state index in [1.165, 1.54) is 6.42 Å². The molecule has 0 spiro atoms. The minimum atomic E-state index is -0.918. The number of benzene rings is 1. The molecule has 4 bridgehead atoms. The van der Waals surface area contributed by atoms with Gasteiger partial charge in [0.05, 0.1) is 6.04 Å². The first-order valence-corrected chi connectivity index (χ1v) is 11.5. The minimum Gasteiger partial charge on any atom is -0.445 e. The van der Waals surface area contributed by atoms with Gasteiger partial charge in [-0.2, -0.15) is 0 Å². The van der Waals surface area contributed by atoms with E-state index >= 15 is 0 Å². The van der Waals surface area contributed by atoms with E-state index in [-0.39, 0.29) is 24.6 Å². The predicted octanol–water partition coefficient (Wildman–Crippen LogP) is 4.91. The SMILES string of the molecule is N[C@H]1C[C@@H]2CC[C@@H](C2)[C@H]1F.O=C(N[C@H]1C[C@@H]2CC[C@@H](C2)[C@H]1F)OCc1ccccc1. The molecule has 0 radical (unpaired) electrons. The third-order valence-corrected chi connectivity index (χ3v) is 7.57. The Morgan fingerprint density at radius 2 is 1.57 bits per heavy atom. The van der Waals surface area contributed by atoms with Crippen molar-refractivity contribution in [2.24, 2.45) is 29.4 Å². The van der Waals surface area contributed by atoms with Crippen LogP contribution in [-0.2, 0) is 11.3 Å². The average Bonchev–Trinajstić information content (AvgIpc) is 3.35. The lowest BCUT2D eigenvalue weighted by atomic mass is 9.84. The smallest absolute Gasteiger partial charge is 0.407 e. The summed E-state index contributed by atoms with van der Waals surface area (Å²) in [4.78, 5) is 11.8. The second kappa shape index (κ2) is 9.63. The number of amides is 1. The predicted molar refractivity (Wildman–Crippen MR) is 112 cm³/mol. The molecule has 166 valence electrons. The van der Waals surface area contributed by atoms with Crippen LogP contribution in [0.5, 0.6) is 0 Å². The highest BCUT2D eigenvalue weighted by Crippen LogP contribution is 2.44. The molecule has 1 aromatic carbocycles. The molecule has 1 aromatic rings. The standard InChI is InChI=1S/C16H20FNO2.C8H14FN/c17-15-13-7-6-12(8-13)9-14(15)18-16(19)20-10-11-4-2-1-3-5-11;9-8-6-2-1-5(3-6)4-7(8)10/h1-5,12-15H,6-10H2,(H,18,19);5-8H,1-4,10H2/t12-,13+,14+,15-;5-,6+,7+,8-/m11/s1. The summed E-state index contributed by atoms with van der Waals surface area (Å²) in [5.41, 5.74) is 6.56. The zero-order valence-corrected chi connectivity index (χ0v) is 17.5. The van der Waals surface area contributed by atoms with E-state index < -0.39 is 18.4 Å². The van der Waals surface area contributed by atoms with Gasteiger partial charge in [0.25, 0.3) is 0 Å². The Morgan fingerprint density at radius 3 is 2.27 bits per heavy atom. The van der Waals surface area contributed by atoms with Crippen molar-refractivity contribution in [1.29, 1.82) is 0 Å². The monoisotopic (exact) mass is 420 g/mol. The topological polar surface area (TPSA) is 64.4 Å². The van der Waals surface area contributed by atoms with Crippen LogP contribution in [0.3, 0.4) is 0 Å². The number of hydrogen-bond acceptors (Lipinski definition) is 3. The van der Waals surface area contributed by atoms with Crippen LogP contribution in [-0.4, -0.2) is 30.5 Å². The fraction of sp³-hybridized carbons (Fsp3) is 0.708. The third kappa shape index (κ3) is 5.13. The summed E-state index contributed by atoms with van der Waals surface area (Å²) in [5, 5.41) is 2.70. The first-order valence-electron chi connectivity index (χ1n) is 11.5. The summed E-state index contributed by atoms with van der Waals surface area (Å²) in [7, 11) is 0. The molecule has 5 rings (SSSR count). The zero-order valence-electron chi connectivity index (χ0n) is 17.5. The average molecular weight is 421 g/mol. The van der Waals surface area contributed by atoms with Gasteiger partial charge >= 0.3 is 6.09 Å². The van der Waals surface area contributed by atoms with Crippen molar-refractivity contribution in [1.82, 2.24) is 5.32 Å². The lowest BCUT2D eigenvalue weighted by Gasteiger charge is -2.31. The molecular formula is C24H34F2N2O2. The molecular weight excluding hydrogens is 386 g/mol. The molecule has 4 fully saturated rings. The Bertz CT molecular complexity index is 704. The Morgan fingerprint density at radius 1 is 0.933 bits per heavy atom. The molecule has 1 amide bonds. The van der Waals surface area contributed by atoms with Gasteiger partial charge in [-0.25, -0.2) is 13.6 Å². The van der Waals surface area contributed by atoms with E-state index in [0.717, 1.165) is 56.4 Å². The number of ether oxygens (including phenoxy) is 1. The van der Waals surface area contributed by atoms with Crippen LogP contribution < -0.4 is 11.1 Å². The van der Waals surface area contributed by atoms with Crippen LogP contribution in [0.1, 0.15) is 56.9 Å². The summed E-state index contributed by atoms with van der Waals surface area (Å²) in [6, 6.07) is 8.98. The number of alkyl carbamates (subject to hydrolysis) is 1. The van der Waals surface area contributed by atoms with E-state index in [4.69, 9.17) is 10.5 Å². The molecule has 8 atom stereocenters. The van der Waals surface area contributed by atoms with Crippen LogP contribution in [0.2, 0.25) is 0 Å². The van der Waals surface area contributed by atoms with Crippen molar-refractivity contribution in [3.05, 3.63) is 35.9 Å². The zero-order chi connectivity index (χ0) is 21.1. The number of alkyl halides is 2. The number of halogens is 2. The molecule has 4 saturated carbocycles. The van der Waals surface area contributed by atoms with Crippen molar-refractivity contribution >= 4 is 6.09 Å². The molecule has 0 saturated heterocycles. The van der Waals surface area contributed by atoms with Crippen molar-refractivity contribution in [2.45, 2.75) is 82.4 Å². The van der Waals surface area contributed by atoms with Crippen molar-refractivity contribution in [3.8, 4) is 0 Å². The molecule has 0 heterocycles. The maximum Gasteiger partial charge on any atom is 0.407 e. The number of carbonyl (C=O) groups excluding carboxylic acids is 1. The second-order valence-electron chi connectivity index (χ2n) is 9.71. The van der Waals surface area contributed by atoms with Gasteiger partial charge in [0.1, 0.15) is 19.0 Å². The van der Waals surface area contributed by atoms with E-state index in [1.807, 2.05) is 30.3 Å². The molecule has 30 heavy (non-hydrogen) atoms. The number of rotatable bonds is 3. The van der Waals surface area contributed by atoms with Gasteiger partial charge in [0.2, 0.25) is 0 Å². The second-order valence-corrected chi connectivity index (χ2v) is 9.71. The first kappa shape index (κ1) is 21.5. The molecule has 4 aliphatic carbocycles. The number of carbonyl (C=O) groups is 1. The van der Waals surface area contributed by atoms with Gasteiger partial charge in [-0.05, 0) is 74.2 Å². The summed E-state index contributed by atoms with van der Waals surface area (Å²) < 4.78 is 32.5. The van der Waals surface area contributed by atoms with Crippen LogP contribution in [0.15, 0.2) is 30.3 Å².